The molecule has 0 spiro atoms. The number of hydrogen-bond donors (Lipinski definition) is 2. The van der Waals surface area contributed by atoms with E-state index in [-0.39, 0.29) is 36.1 Å². The van der Waals surface area contributed by atoms with Gasteiger partial charge in [0.15, 0.2) is 5.96 Å². The second-order valence-electron chi connectivity index (χ2n) is 6.59. The van der Waals surface area contributed by atoms with Crippen LogP contribution in [0.1, 0.15) is 36.6 Å². The van der Waals surface area contributed by atoms with Gasteiger partial charge in [0.2, 0.25) is 0 Å². The van der Waals surface area contributed by atoms with Gasteiger partial charge in [0, 0.05) is 30.6 Å². The molecule has 27 heavy (non-hydrogen) atoms. The first kappa shape index (κ1) is 22.2. The molecule has 3 unspecified atom stereocenters. The number of hydrogen-bond acceptors (Lipinski definition) is 2. The van der Waals surface area contributed by atoms with Crippen molar-refractivity contribution >= 4 is 45.9 Å². The number of nitrogens with zero attached hydrogens (tertiary/aromatic N) is 1. The summed E-state index contributed by atoms with van der Waals surface area (Å²) in [6, 6.07) is 18.9. The lowest BCUT2D eigenvalue weighted by atomic mass is 9.95. The minimum atomic E-state index is 0. The molecular weight excluding hydrogens is 517 g/mol. The molecule has 1 aliphatic rings. The summed E-state index contributed by atoms with van der Waals surface area (Å²) in [5.74, 6) is 1.25. The molecule has 0 bridgehead atoms. The van der Waals surface area contributed by atoms with Crippen LogP contribution in [0.15, 0.2) is 64.1 Å². The first-order valence-electron chi connectivity index (χ1n) is 9.07. The van der Waals surface area contributed by atoms with Crippen LogP contribution < -0.4 is 10.6 Å². The maximum atomic E-state index is 5.98. The summed E-state index contributed by atoms with van der Waals surface area (Å²) in [5, 5.41) is 6.95. The average Bonchev–Trinajstić information content (AvgIpc) is 3.14. The maximum absolute atomic E-state index is 5.98. The van der Waals surface area contributed by atoms with Gasteiger partial charge in [-0.15, -0.1) is 24.0 Å². The van der Waals surface area contributed by atoms with Crippen LogP contribution in [-0.2, 0) is 4.74 Å². The van der Waals surface area contributed by atoms with Crippen molar-refractivity contribution in [1.82, 2.24) is 10.6 Å². The standard InChI is InChI=1S/C21H26BrN3O.HI/c1-15(18-10-6-7-11-19(18)22)25-21(23-2)24-14-17-12-13-26-20(17)16-8-4-3-5-9-16;/h3-11,15,17,20H,12-14H2,1-2H3,(H2,23,24,25);1H. The van der Waals surface area contributed by atoms with Crippen LogP contribution in [-0.4, -0.2) is 26.2 Å². The molecule has 4 nitrogen and oxygen atoms in total. The van der Waals surface area contributed by atoms with E-state index in [0.717, 1.165) is 30.0 Å². The van der Waals surface area contributed by atoms with Gasteiger partial charge in [-0.3, -0.25) is 4.99 Å². The van der Waals surface area contributed by atoms with E-state index in [1.807, 2.05) is 19.2 Å². The molecule has 0 aliphatic carbocycles. The van der Waals surface area contributed by atoms with Crippen molar-refractivity contribution in [2.45, 2.75) is 25.5 Å². The average molecular weight is 544 g/mol. The number of guanidine groups is 1. The molecule has 0 radical (unpaired) electrons. The number of halogens is 2. The lowest BCUT2D eigenvalue weighted by molar-refractivity contribution is 0.0915. The van der Waals surface area contributed by atoms with Gasteiger partial charge in [-0.1, -0.05) is 64.5 Å². The largest absolute Gasteiger partial charge is 0.373 e. The number of aliphatic imine (C=N–C) groups is 1. The van der Waals surface area contributed by atoms with E-state index in [0.29, 0.717) is 5.92 Å². The predicted octanol–water partition coefficient (Wildman–Crippen LogP) is 5.07. The van der Waals surface area contributed by atoms with Crippen LogP contribution in [0.5, 0.6) is 0 Å². The molecule has 3 atom stereocenters. The van der Waals surface area contributed by atoms with Gasteiger partial charge in [0.05, 0.1) is 12.1 Å². The summed E-state index contributed by atoms with van der Waals surface area (Å²) < 4.78 is 7.08. The predicted molar refractivity (Wildman–Crippen MR) is 126 cm³/mol. The fraction of sp³-hybridized carbons (Fsp3) is 0.381. The number of ether oxygens (including phenoxy) is 1. The summed E-state index contributed by atoms with van der Waals surface area (Å²) >= 11 is 3.62. The Morgan fingerprint density at radius 1 is 1.19 bits per heavy atom. The number of rotatable bonds is 5. The normalized spacial score (nSPS) is 20.6. The highest BCUT2D eigenvalue weighted by molar-refractivity contribution is 14.0. The zero-order chi connectivity index (χ0) is 18.4. The molecule has 1 saturated heterocycles. The third-order valence-electron chi connectivity index (χ3n) is 4.82. The number of benzene rings is 2. The van der Waals surface area contributed by atoms with E-state index in [9.17, 15) is 0 Å². The van der Waals surface area contributed by atoms with Gasteiger partial charge in [0.25, 0.3) is 0 Å². The molecule has 146 valence electrons. The van der Waals surface area contributed by atoms with E-state index < -0.39 is 0 Å². The highest BCUT2D eigenvalue weighted by Gasteiger charge is 2.29. The molecule has 0 aromatic heterocycles. The molecule has 3 rings (SSSR count). The zero-order valence-corrected chi connectivity index (χ0v) is 19.6. The van der Waals surface area contributed by atoms with Gasteiger partial charge in [0.1, 0.15) is 0 Å². The molecule has 6 heteroatoms. The van der Waals surface area contributed by atoms with E-state index in [1.54, 1.807) is 0 Å². The Balaban J connectivity index is 0.00000261. The zero-order valence-electron chi connectivity index (χ0n) is 15.7. The Hall–Kier alpha value is -1.12. The summed E-state index contributed by atoms with van der Waals surface area (Å²) in [4.78, 5) is 4.38. The molecular formula is C21H27BrIN3O. The van der Waals surface area contributed by atoms with Crippen LogP contribution in [0.3, 0.4) is 0 Å². The Morgan fingerprint density at radius 3 is 2.59 bits per heavy atom. The van der Waals surface area contributed by atoms with Crippen LogP contribution in [0.25, 0.3) is 0 Å². The van der Waals surface area contributed by atoms with E-state index in [4.69, 9.17) is 4.74 Å². The minimum absolute atomic E-state index is 0. The summed E-state index contributed by atoms with van der Waals surface area (Å²) in [6.45, 7) is 3.78. The third-order valence-corrected chi connectivity index (χ3v) is 5.54. The fourth-order valence-corrected chi connectivity index (χ4v) is 4.01. The molecule has 2 aromatic rings. The summed E-state index contributed by atoms with van der Waals surface area (Å²) in [5.41, 5.74) is 2.46. The van der Waals surface area contributed by atoms with Crippen molar-refractivity contribution in [2.24, 2.45) is 10.9 Å². The van der Waals surface area contributed by atoms with Crippen molar-refractivity contribution in [3.8, 4) is 0 Å². The quantitative estimate of drug-likeness (QED) is 0.314. The summed E-state index contributed by atoms with van der Waals surface area (Å²) in [7, 11) is 1.81. The molecule has 1 aliphatic heterocycles. The molecule has 1 fully saturated rings. The lowest BCUT2D eigenvalue weighted by Crippen LogP contribution is -2.41. The van der Waals surface area contributed by atoms with Gasteiger partial charge >= 0.3 is 0 Å². The van der Waals surface area contributed by atoms with Crippen molar-refractivity contribution in [2.75, 3.05) is 20.2 Å². The highest BCUT2D eigenvalue weighted by Crippen LogP contribution is 2.33. The molecule has 0 amide bonds. The van der Waals surface area contributed by atoms with Crippen LogP contribution in [0.2, 0.25) is 0 Å². The Bertz CT molecular complexity index is 741. The Kier molecular flexibility index (Phi) is 9.05. The van der Waals surface area contributed by atoms with Crippen LogP contribution in [0, 0.1) is 5.92 Å². The Labute approximate surface area is 187 Å². The highest BCUT2D eigenvalue weighted by atomic mass is 127. The monoisotopic (exact) mass is 543 g/mol. The number of nitrogens with one attached hydrogen (secondary N) is 2. The van der Waals surface area contributed by atoms with Crippen LogP contribution >= 0.6 is 39.9 Å². The smallest absolute Gasteiger partial charge is 0.191 e. The maximum Gasteiger partial charge on any atom is 0.191 e. The lowest BCUT2D eigenvalue weighted by Gasteiger charge is -2.23. The fourth-order valence-electron chi connectivity index (χ4n) is 3.39. The first-order valence-corrected chi connectivity index (χ1v) is 9.86. The van der Waals surface area contributed by atoms with E-state index >= 15 is 0 Å². The molecule has 0 saturated carbocycles. The van der Waals surface area contributed by atoms with Crippen molar-refractivity contribution in [1.29, 1.82) is 0 Å². The van der Waals surface area contributed by atoms with Gasteiger partial charge in [-0.05, 0) is 30.5 Å². The third kappa shape index (κ3) is 5.93. The molecule has 2 aromatic carbocycles. The first-order chi connectivity index (χ1) is 12.7. The van der Waals surface area contributed by atoms with Crippen molar-refractivity contribution in [3.05, 3.63) is 70.2 Å². The molecule has 2 N–H and O–H groups in total. The SMILES string of the molecule is CN=C(NCC1CCOC1c1ccccc1)NC(C)c1ccccc1Br.I. The Morgan fingerprint density at radius 2 is 1.89 bits per heavy atom. The summed E-state index contributed by atoms with van der Waals surface area (Å²) in [6.07, 6.45) is 1.21. The van der Waals surface area contributed by atoms with Gasteiger partial charge in [-0.25, -0.2) is 0 Å². The minimum Gasteiger partial charge on any atom is -0.373 e. The van der Waals surface area contributed by atoms with E-state index in [2.05, 4.69) is 80.9 Å². The topological polar surface area (TPSA) is 45.7 Å². The van der Waals surface area contributed by atoms with E-state index in [1.165, 1.54) is 11.1 Å². The van der Waals surface area contributed by atoms with Crippen LogP contribution in [0.4, 0.5) is 0 Å². The van der Waals surface area contributed by atoms with Crippen molar-refractivity contribution in [3.63, 3.8) is 0 Å². The van der Waals surface area contributed by atoms with Crippen molar-refractivity contribution < 1.29 is 4.74 Å². The second-order valence-corrected chi connectivity index (χ2v) is 7.45. The van der Waals surface area contributed by atoms with Gasteiger partial charge < -0.3 is 15.4 Å². The second kappa shape index (κ2) is 11.0. The molecule has 1 heterocycles. The van der Waals surface area contributed by atoms with Gasteiger partial charge in [-0.2, -0.15) is 0 Å².